The van der Waals surface area contributed by atoms with Gasteiger partial charge in [0.05, 0.1) is 0 Å². The maximum absolute atomic E-state index is 13.2. The van der Waals surface area contributed by atoms with Crippen molar-refractivity contribution >= 4 is 11.6 Å². The molecule has 2 saturated heterocycles. The highest BCUT2D eigenvalue weighted by Gasteiger charge is 2.28. The highest BCUT2D eigenvalue weighted by Crippen LogP contribution is 2.38. The first-order chi connectivity index (χ1) is 18.7. The normalized spacial score (nSPS) is 18.5. The van der Waals surface area contributed by atoms with Crippen LogP contribution in [0.25, 0.3) is 5.70 Å². The van der Waals surface area contributed by atoms with Crippen LogP contribution in [0.4, 0.5) is 0 Å². The van der Waals surface area contributed by atoms with Crippen molar-refractivity contribution < 1.29 is 4.79 Å². The molecule has 1 aromatic heterocycles. The summed E-state index contributed by atoms with van der Waals surface area (Å²) in [6.45, 7) is 9.41. The molecule has 1 saturated carbocycles. The van der Waals surface area contributed by atoms with Gasteiger partial charge in [-0.2, -0.15) is 0 Å². The molecule has 0 bridgehead atoms. The van der Waals surface area contributed by atoms with E-state index in [4.69, 9.17) is 0 Å². The van der Waals surface area contributed by atoms with Gasteiger partial charge in [-0.3, -0.25) is 19.6 Å². The number of carbonyl (C=O) groups excluding carboxylic acids is 1. The Balaban J connectivity index is 1.04. The lowest BCUT2D eigenvalue weighted by molar-refractivity contribution is 0.0622. The highest BCUT2D eigenvalue weighted by molar-refractivity contribution is 5.92. The first-order valence-corrected chi connectivity index (χ1v) is 14.0. The van der Waals surface area contributed by atoms with E-state index in [-0.39, 0.29) is 5.91 Å². The summed E-state index contributed by atoms with van der Waals surface area (Å²) in [6.07, 6.45) is 4.27. The molecule has 3 aromatic rings. The number of piperazine rings is 2. The van der Waals surface area contributed by atoms with Crippen LogP contribution in [-0.2, 0) is 13.1 Å². The quantitative estimate of drug-likeness (QED) is 0.475. The monoisotopic (exact) mass is 507 g/mol. The number of pyridine rings is 1. The zero-order chi connectivity index (χ0) is 25.7. The largest absolute Gasteiger partial charge is 0.368 e. The van der Waals surface area contributed by atoms with Crippen molar-refractivity contribution in [1.29, 1.82) is 0 Å². The number of rotatable bonds is 7. The third-order valence-electron chi connectivity index (χ3n) is 7.94. The van der Waals surface area contributed by atoms with Crippen LogP contribution in [0, 0.1) is 0 Å². The second-order valence-corrected chi connectivity index (χ2v) is 10.7. The zero-order valence-electron chi connectivity index (χ0n) is 22.1. The standard InChI is InChI=1S/C32H37N5O/c38-32(37-21-17-35(18-22-37)25-27-9-5-2-6-10-27)30-14-13-29(23-33-30)31(28-11-12-28)36-19-15-34(16-20-36)24-26-7-3-1-4-8-26/h1-10,13-14,23H,11-12,15-22,24-25H2. The minimum atomic E-state index is 0.0473. The maximum Gasteiger partial charge on any atom is 0.272 e. The molecule has 3 aliphatic rings. The summed E-state index contributed by atoms with van der Waals surface area (Å²) in [5.41, 5.74) is 7.28. The number of nitrogens with zero attached hydrogens (tertiary/aromatic N) is 5. The minimum absolute atomic E-state index is 0.0473. The summed E-state index contributed by atoms with van der Waals surface area (Å²) in [6, 6.07) is 25.3. The average Bonchev–Trinajstić information content (AvgIpc) is 3.81. The van der Waals surface area contributed by atoms with Gasteiger partial charge in [0.15, 0.2) is 0 Å². The molecule has 0 N–H and O–H groups in total. The van der Waals surface area contributed by atoms with Gasteiger partial charge < -0.3 is 9.80 Å². The highest BCUT2D eigenvalue weighted by atomic mass is 16.2. The SMILES string of the molecule is O=C(c1ccc(C(=C2CC2)N2CCN(Cc3ccccc3)CC2)cn1)N1CCN(Cc2ccccc2)CC1. The second kappa shape index (κ2) is 11.5. The molecule has 0 unspecified atom stereocenters. The number of allylic oxidation sites excluding steroid dienone is 1. The van der Waals surface area contributed by atoms with Gasteiger partial charge in [-0.1, -0.05) is 60.7 Å². The average molecular weight is 508 g/mol. The molecule has 3 fully saturated rings. The van der Waals surface area contributed by atoms with Gasteiger partial charge in [-0.05, 0) is 41.7 Å². The third kappa shape index (κ3) is 5.98. The van der Waals surface area contributed by atoms with Crippen molar-refractivity contribution in [2.75, 3.05) is 52.4 Å². The topological polar surface area (TPSA) is 42.9 Å². The number of carbonyl (C=O) groups is 1. The summed E-state index contributed by atoms with van der Waals surface area (Å²) < 4.78 is 0. The molecule has 2 aliphatic heterocycles. The molecule has 6 nitrogen and oxygen atoms in total. The van der Waals surface area contributed by atoms with Crippen LogP contribution in [0.5, 0.6) is 0 Å². The first kappa shape index (κ1) is 24.8. The molecule has 2 aromatic carbocycles. The number of benzene rings is 2. The van der Waals surface area contributed by atoms with Crippen LogP contribution in [-0.4, -0.2) is 82.8 Å². The fraction of sp³-hybridized carbons (Fsp3) is 0.375. The molecular weight excluding hydrogens is 470 g/mol. The maximum atomic E-state index is 13.2. The Bertz CT molecular complexity index is 1240. The molecule has 3 heterocycles. The number of aromatic nitrogens is 1. The molecule has 0 radical (unpaired) electrons. The van der Waals surface area contributed by atoms with E-state index in [9.17, 15) is 4.79 Å². The Hall–Kier alpha value is -3.48. The smallest absolute Gasteiger partial charge is 0.272 e. The second-order valence-electron chi connectivity index (χ2n) is 10.7. The van der Waals surface area contributed by atoms with E-state index in [2.05, 4.69) is 86.4 Å². The lowest BCUT2D eigenvalue weighted by Crippen LogP contribution is -2.48. The van der Waals surface area contributed by atoms with Crippen LogP contribution in [0.1, 0.15) is 40.0 Å². The van der Waals surface area contributed by atoms with Crippen molar-refractivity contribution in [3.05, 3.63) is 107 Å². The van der Waals surface area contributed by atoms with E-state index in [1.165, 1.54) is 35.2 Å². The summed E-state index contributed by atoms with van der Waals surface area (Å²) in [5, 5.41) is 0. The fourth-order valence-electron chi connectivity index (χ4n) is 5.65. The van der Waals surface area contributed by atoms with Crippen LogP contribution >= 0.6 is 0 Å². The summed E-state index contributed by atoms with van der Waals surface area (Å²) in [5.74, 6) is 0.0473. The summed E-state index contributed by atoms with van der Waals surface area (Å²) in [4.78, 5) is 27.3. The molecule has 1 aliphatic carbocycles. The van der Waals surface area contributed by atoms with Crippen LogP contribution in [0.2, 0.25) is 0 Å². The van der Waals surface area contributed by atoms with Crippen molar-refractivity contribution in [3.63, 3.8) is 0 Å². The predicted molar refractivity (Wildman–Crippen MR) is 151 cm³/mol. The third-order valence-corrected chi connectivity index (χ3v) is 7.94. The Morgan fingerprint density at radius 2 is 1.16 bits per heavy atom. The first-order valence-electron chi connectivity index (χ1n) is 14.0. The molecule has 0 spiro atoms. The lowest BCUT2D eigenvalue weighted by atomic mass is 10.1. The Kier molecular flexibility index (Phi) is 7.52. The van der Waals surface area contributed by atoms with E-state index in [0.717, 1.165) is 71.0 Å². The fourth-order valence-corrected chi connectivity index (χ4v) is 5.65. The van der Waals surface area contributed by atoms with Crippen molar-refractivity contribution in [3.8, 4) is 0 Å². The molecule has 38 heavy (non-hydrogen) atoms. The van der Waals surface area contributed by atoms with Gasteiger partial charge in [0, 0.05) is 82.9 Å². The van der Waals surface area contributed by atoms with E-state index in [0.29, 0.717) is 5.69 Å². The molecule has 1 amide bonds. The van der Waals surface area contributed by atoms with Crippen molar-refractivity contribution in [2.45, 2.75) is 25.9 Å². The van der Waals surface area contributed by atoms with Crippen LogP contribution in [0.15, 0.2) is 84.6 Å². The minimum Gasteiger partial charge on any atom is -0.368 e. The summed E-state index contributed by atoms with van der Waals surface area (Å²) in [7, 11) is 0. The van der Waals surface area contributed by atoms with Gasteiger partial charge >= 0.3 is 0 Å². The van der Waals surface area contributed by atoms with Gasteiger partial charge in [0.2, 0.25) is 0 Å². The molecule has 0 atom stereocenters. The number of amides is 1. The molecule has 196 valence electrons. The Morgan fingerprint density at radius 3 is 1.63 bits per heavy atom. The Labute approximate surface area is 226 Å². The van der Waals surface area contributed by atoms with E-state index >= 15 is 0 Å². The van der Waals surface area contributed by atoms with Crippen molar-refractivity contribution in [1.82, 2.24) is 24.6 Å². The van der Waals surface area contributed by atoms with Gasteiger partial charge in [-0.15, -0.1) is 0 Å². The van der Waals surface area contributed by atoms with E-state index in [1.54, 1.807) is 0 Å². The van der Waals surface area contributed by atoms with Crippen molar-refractivity contribution in [2.24, 2.45) is 0 Å². The van der Waals surface area contributed by atoms with E-state index in [1.807, 2.05) is 17.2 Å². The van der Waals surface area contributed by atoms with Crippen LogP contribution < -0.4 is 0 Å². The molecule has 6 heteroatoms. The number of hydrogen-bond donors (Lipinski definition) is 0. The van der Waals surface area contributed by atoms with E-state index < -0.39 is 0 Å². The van der Waals surface area contributed by atoms with Crippen LogP contribution in [0.3, 0.4) is 0 Å². The number of hydrogen-bond acceptors (Lipinski definition) is 5. The Morgan fingerprint density at radius 1 is 0.632 bits per heavy atom. The molecule has 6 rings (SSSR count). The molecular formula is C32H37N5O. The predicted octanol–water partition coefficient (Wildman–Crippen LogP) is 4.36. The van der Waals surface area contributed by atoms with Gasteiger partial charge in [0.1, 0.15) is 5.69 Å². The lowest BCUT2D eigenvalue weighted by Gasteiger charge is -2.37. The van der Waals surface area contributed by atoms with Gasteiger partial charge in [-0.25, -0.2) is 0 Å². The summed E-state index contributed by atoms with van der Waals surface area (Å²) >= 11 is 0. The van der Waals surface area contributed by atoms with Gasteiger partial charge in [0.25, 0.3) is 5.91 Å². The zero-order valence-corrected chi connectivity index (χ0v) is 22.1.